The van der Waals surface area contributed by atoms with Crippen molar-refractivity contribution in [3.8, 4) is 17.0 Å². The summed E-state index contributed by atoms with van der Waals surface area (Å²) < 4.78 is 42.2. The fourth-order valence-corrected chi connectivity index (χ4v) is 2.93. The van der Waals surface area contributed by atoms with Gasteiger partial charge in [0.25, 0.3) is 0 Å². The number of nitrogens with one attached hydrogen (secondary N) is 2. The summed E-state index contributed by atoms with van der Waals surface area (Å²) in [4.78, 5) is 11.2. The van der Waals surface area contributed by atoms with Gasteiger partial charge in [-0.1, -0.05) is 0 Å². The topological polar surface area (TPSA) is 67.1 Å². The summed E-state index contributed by atoms with van der Waals surface area (Å²) in [6, 6.07) is 5.53. The van der Waals surface area contributed by atoms with Gasteiger partial charge in [0.15, 0.2) is 4.80 Å². The summed E-state index contributed by atoms with van der Waals surface area (Å²) in [5.41, 5.74) is 1.44. The molecule has 0 spiro atoms. The highest BCUT2D eigenvalue weighted by Gasteiger charge is 2.31. The first-order valence-corrected chi connectivity index (χ1v) is 7.98. The van der Waals surface area contributed by atoms with Crippen LogP contribution in [0.25, 0.3) is 11.3 Å². The van der Waals surface area contributed by atoms with Crippen molar-refractivity contribution in [1.29, 1.82) is 5.41 Å². The van der Waals surface area contributed by atoms with E-state index < -0.39 is 6.36 Å². The predicted molar refractivity (Wildman–Crippen MR) is 83.6 cm³/mol. The van der Waals surface area contributed by atoms with Crippen molar-refractivity contribution in [3.05, 3.63) is 34.4 Å². The third kappa shape index (κ3) is 5.12. The molecule has 0 atom stereocenters. The highest BCUT2D eigenvalue weighted by atomic mass is 32.1. The van der Waals surface area contributed by atoms with Crippen LogP contribution in [0.4, 0.5) is 13.2 Å². The Labute approximate surface area is 140 Å². The maximum atomic E-state index is 12.2. The van der Waals surface area contributed by atoms with Gasteiger partial charge in [-0.2, -0.15) is 0 Å². The monoisotopic (exact) mass is 359 g/mol. The van der Waals surface area contributed by atoms with E-state index in [1.54, 1.807) is 9.95 Å². The molecule has 0 aliphatic rings. The zero-order valence-electron chi connectivity index (χ0n) is 12.8. The average Bonchev–Trinajstić information content (AvgIpc) is 2.84. The Morgan fingerprint density at radius 2 is 2.00 bits per heavy atom. The predicted octanol–water partition coefficient (Wildman–Crippen LogP) is 3.12. The summed E-state index contributed by atoms with van der Waals surface area (Å²) in [6.45, 7) is 2.46. The smallest absolute Gasteiger partial charge is 0.406 e. The lowest BCUT2D eigenvalue weighted by Gasteiger charge is -2.11. The third-order valence-corrected chi connectivity index (χ3v) is 3.92. The van der Waals surface area contributed by atoms with Crippen molar-refractivity contribution in [3.63, 3.8) is 0 Å². The molecule has 24 heavy (non-hydrogen) atoms. The van der Waals surface area contributed by atoms with Crippen LogP contribution in [-0.2, 0) is 11.3 Å². The number of amides is 1. The first kappa shape index (κ1) is 18.1. The van der Waals surface area contributed by atoms with Crippen LogP contribution in [0.2, 0.25) is 0 Å². The van der Waals surface area contributed by atoms with Gasteiger partial charge >= 0.3 is 6.36 Å². The summed E-state index contributed by atoms with van der Waals surface area (Å²) in [6.07, 6.45) is -4.07. The van der Waals surface area contributed by atoms with E-state index in [0.717, 1.165) is 5.69 Å². The van der Waals surface area contributed by atoms with Crippen LogP contribution in [0.1, 0.15) is 13.3 Å². The van der Waals surface area contributed by atoms with Crippen LogP contribution >= 0.6 is 11.3 Å². The van der Waals surface area contributed by atoms with Crippen LogP contribution in [0.5, 0.6) is 5.75 Å². The van der Waals surface area contributed by atoms with Crippen LogP contribution < -0.4 is 14.9 Å². The molecule has 1 heterocycles. The van der Waals surface area contributed by atoms with Crippen LogP contribution in [0.15, 0.2) is 29.6 Å². The molecule has 2 N–H and O–H groups in total. The molecule has 5 nitrogen and oxygen atoms in total. The van der Waals surface area contributed by atoms with E-state index in [0.29, 0.717) is 29.9 Å². The zero-order valence-corrected chi connectivity index (χ0v) is 13.6. The largest absolute Gasteiger partial charge is 0.573 e. The van der Waals surface area contributed by atoms with E-state index in [1.165, 1.54) is 42.5 Å². The Kier molecular flexibility index (Phi) is 5.66. The van der Waals surface area contributed by atoms with Gasteiger partial charge in [0.2, 0.25) is 5.91 Å². The summed E-state index contributed by atoms with van der Waals surface area (Å²) in [7, 11) is 0. The van der Waals surface area contributed by atoms with Crippen molar-refractivity contribution in [1.82, 2.24) is 9.88 Å². The highest BCUT2D eigenvalue weighted by molar-refractivity contribution is 7.07. The van der Waals surface area contributed by atoms with E-state index in [9.17, 15) is 18.0 Å². The molecule has 0 bridgehead atoms. The molecule has 0 aliphatic heterocycles. The van der Waals surface area contributed by atoms with E-state index >= 15 is 0 Å². The van der Waals surface area contributed by atoms with Gasteiger partial charge in [0.05, 0.1) is 5.69 Å². The molecule has 0 saturated heterocycles. The van der Waals surface area contributed by atoms with Crippen molar-refractivity contribution in [2.24, 2.45) is 0 Å². The molecule has 2 rings (SSSR count). The molecule has 9 heteroatoms. The summed E-state index contributed by atoms with van der Waals surface area (Å²) in [5, 5.41) is 12.4. The number of hydrogen-bond donors (Lipinski definition) is 2. The standard InChI is InChI=1S/C15H16F3N3O2S/c1-10(22)20-7-2-8-21-13(9-24-14(21)19)11-3-5-12(6-4-11)23-15(16,17)18/h3-6,9,19H,2,7-8H2,1H3,(H,20,22). The van der Waals surface area contributed by atoms with Gasteiger partial charge in [0, 0.05) is 25.4 Å². The van der Waals surface area contributed by atoms with Crippen molar-refractivity contribution < 1.29 is 22.7 Å². The lowest BCUT2D eigenvalue weighted by atomic mass is 10.1. The zero-order chi connectivity index (χ0) is 17.7. The fraction of sp³-hybridized carbons (Fsp3) is 0.333. The van der Waals surface area contributed by atoms with Gasteiger partial charge in [-0.15, -0.1) is 24.5 Å². The van der Waals surface area contributed by atoms with Gasteiger partial charge in [-0.05, 0) is 36.2 Å². The van der Waals surface area contributed by atoms with Crippen molar-refractivity contribution in [2.75, 3.05) is 6.54 Å². The van der Waals surface area contributed by atoms with Crippen molar-refractivity contribution >= 4 is 17.2 Å². The number of halogens is 3. The van der Waals surface area contributed by atoms with Gasteiger partial charge in [0.1, 0.15) is 5.75 Å². The van der Waals surface area contributed by atoms with Gasteiger partial charge in [-0.3, -0.25) is 10.2 Å². The number of alkyl halides is 3. The molecule has 2 aromatic rings. The van der Waals surface area contributed by atoms with Gasteiger partial charge in [-0.25, -0.2) is 0 Å². The summed E-state index contributed by atoms with van der Waals surface area (Å²) in [5.74, 6) is -0.401. The maximum Gasteiger partial charge on any atom is 0.573 e. The Morgan fingerprint density at radius 3 is 2.58 bits per heavy atom. The Morgan fingerprint density at radius 1 is 1.33 bits per heavy atom. The number of nitrogens with zero attached hydrogens (tertiary/aromatic N) is 1. The number of thiazole rings is 1. The Hall–Kier alpha value is -2.29. The Balaban J connectivity index is 2.11. The van der Waals surface area contributed by atoms with Crippen LogP contribution in [0.3, 0.4) is 0 Å². The minimum absolute atomic E-state index is 0.114. The number of rotatable bonds is 6. The molecule has 0 aliphatic carbocycles. The summed E-state index contributed by atoms with van der Waals surface area (Å²) >= 11 is 1.24. The molecule has 130 valence electrons. The molecular weight excluding hydrogens is 343 g/mol. The molecule has 0 saturated carbocycles. The minimum atomic E-state index is -4.72. The number of benzene rings is 1. The number of carbonyl (C=O) groups excluding carboxylic acids is 1. The minimum Gasteiger partial charge on any atom is -0.406 e. The molecule has 1 aromatic carbocycles. The normalized spacial score (nSPS) is 11.3. The van der Waals surface area contributed by atoms with E-state index in [1.807, 2.05) is 0 Å². The molecule has 1 aromatic heterocycles. The van der Waals surface area contributed by atoms with E-state index in [2.05, 4.69) is 10.1 Å². The molecular formula is C15H16F3N3O2S. The molecule has 0 fully saturated rings. The molecule has 0 radical (unpaired) electrons. The first-order chi connectivity index (χ1) is 11.3. The molecule has 1 amide bonds. The first-order valence-electron chi connectivity index (χ1n) is 7.10. The van der Waals surface area contributed by atoms with Crippen molar-refractivity contribution in [2.45, 2.75) is 26.3 Å². The quantitative estimate of drug-likeness (QED) is 0.778. The average molecular weight is 359 g/mol. The van der Waals surface area contributed by atoms with E-state index in [4.69, 9.17) is 5.41 Å². The maximum absolute atomic E-state index is 12.2. The second kappa shape index (κ2) is 7.52. The number of aromatic nitrogens is 1. The second-order valence-corrected chi connectivity index (χ2v) is 5.84. The number of ether oxygens (including phenoxy) is 1. The SMILES string of the molecule is CC(=O)NCCCn1c(-c2ccc(OC(F)(F)F)cc2)csc1=N. The van der Waals surface area contributed by atoms with Gasteiger partial charge < -0.3 is 14.6 Å². The fourth-order valence-electron chi connectivity index (χ4n) is 2.12. The Bertz CT molecular complexity index is 751. The van der Waals surface area contributed by atoms with Crippen LogP contribution in [-0.4, -0.2) is 23.4 Å². The third-order valence-electron chi connectivity index (χ3n) is 3.13. The van der Waals surface area contributed by atoms with E-state index in [-0.39, 0.29) is 11.7 Å². The molecule has 0 unspecified atom stereocenters. The second-order valence-electron chi connectivity index (χ2n) is 4.99. The lowest BCUT2D eigenvalue weighted by Crippen LogP contribution is -2.23. The highest BCUT2D eigenvalue weighted by Crippen LogP contribution is 2.26. The number of hydrogen-bond acceptors (Lipinski definition) is 4. The van der Waals surface area contributed by atoms with Crippen LogP contribution in [0, 0.1) is 5.41 Å². The number of carbonyl (C=O) groups is 1. The lowest BCUT2D eigenvalue weighted by molar-refractivity contribution is -0.274.